The van der Waals surface area contributed by atoms with Gasteiger partial charge in [0.2, 0.25) is 0 Å². The summed E-state index contributed by atoms with van der Waals surface area (Å²) >= 11 is 0. The molecule has 0 radical (unpaired) electrons. The van der Waals surface area contributed by atoms with Crippen molar-refractivity contribution in [1.82, 2.24) is 5.32 Å². The Morgan fingerprint density at radius 3 is 2.21 bits per heavy atom. The maximum atomic E-state index is 12.9. The summed E-state index contributed by atoms with van der Waals surface area (Å²) in [5.74, 6) is -0.117. The largest absolute Gasteiger partial charge is 0.449 e. The summed E-state index contributed by atoms with van der Waals surface area (Å²) in [6, 6.07) is 15.0. The average Bonchev–Trinajstić information content (AvgIpc) is 3.19. The third-order valence-electron chi connectivity index (χ3n) is 5.68. The summed E-state index contributed by atoms with van der Waals surface area (Å²) in [7, 11) is 0. The van der Waals surface area contributed by atoms with Crippen molar-refractivity contribution in [3.8, 4) is 11.1 Å². The van der Waals surface area contributed by atoms with Gasteiger partial charge in [-0.1, -0.05) is 48.5 Å². The van der Waals surface area contributed by atoms with E-state index in [4.69, 9.17) is 4.74 Å². The van der Waals surface area contributed by atoms with Crippen LogP contribution in [0, 0.1) is 0 Å². The SMILES string of the molecule is O=C(NC1CCC(O)(C(F)(F)F)C1)OCC1c2ccccc2-c2ccccc21. The minimum absolute atomic E-state index is 0.0558. The summed E-state index contributed by atoms with van der Waals surface area (Å²) in [6.07, 6.45) is -6.39. The molecule has 2 aliphatic rings. The number of rotatable bonds is 3. The minimum Gasteiger partial charge on any atom is -0.449 e. The van der Waals surface area contributed by atoms with Crippen LogP contribution in [0.3, 0.4) is 0 Å². The van der Waals surface area contributed by atoms with Crippen molar-refractivity contribution in [2.45, 2.75) is 43.0 Å². The van der Waals surface area contributed by atoms with E-state index in [1.54, 1.807) is 0 Å². The van der Waals surface area contributed by atoms with E-state index >= 15 is 0 Å². The molecule has 7 heteroatoms. The second-order valence-corrected chi connectivity index (χ2v) is 7.44. The quantitative estimate of drug-likeness (QED) is 0.817. The number of ether oxygens (including phenoxy) is 1. The van der Waals surface area contributed by atoms with Crippen LogP contribution in [-0.2, 0) is 4.74 Å². The standard InChI is InChI=1S/C21H20F3NO3/c22-21(23,24)20(27)10-9-13(11-20)25-19(26)28-12-18-16-7-3-1-5-14(16)15-6-2-4-8-17(15)18/h1-8,13,18,27H,9-12H2,(H,25,26). The smallest absolute Gasteiger partial charge is 0.417 e. The molecule has 1 amide bonds. The molecule has 0 heterocycles. The van der Waals surface area contributed by atoms with E-state index < -0.39 is 36.8 Å². The maximum absolute atomic E-state index is 12.9. The average molecular weight is 391 g/mol. The maximum Gasteiger partial charge on any atom is 0.417 e. The van der Waals surface area contributed by atoms with Crippen molar-refractivity contribution >= 4 is 6.09 Å². The molecular formula is C21H20F3NO3. The lowest BCUT2D eigenvalue weighted by Crippen LogP contribution is -2.45. The molecule has 1 saturated carbocycles. The van der Waals surface area contributed by atoms with Gasteiger partial charge in [-0.25, -0.2) is 4.79 Å². The van der Waals surface area contributed by atoms with E-state index in [1.165, 1.54) is 0 Å². The van der Waals surface area contributed by atoms with Crippen molar-refractivity contribution in [2.24, 2.45) is 0 Å². The zero-order valence-electron chi connectivity index (χ0n) is 15.0. The van der Waals surface area contributed by atoms with Crippen LogP contribution in [0.15, 0.2) is 48.5 Å². The highest BCUT2D eigenvalue weighted by atomic mass is 19.4. The van der Waals surface area contributed by atoms with Crippen molar-refractivity contribution in [3.05, 3.63) is 59.7 Å². The van der Waals surface area contributed by atoms with E-state index in [9.17, 15) is 23.1 Å². The molecule has 148 valence electrons. The van der Waals surface area contributed by atoms with Crippen molar-refractivity contribution in [2.75, 3.05) is 6.61 Å². The predicted octanol–water partition coefficient (Wildman–Crippen LogP) is 4.37. The Balaban J connectivity index is 1.40. The highest BCUT2D eigenvalue weighted by Gasteiger charge is 2.57. The lowest BCUT2D eigenvalue weighted by Gasteiger charge is -2.25. The highest BCUT2D eigenvalue weighted by molar-refractivity contribution is 5.79. The Bertz CT molecular complexity index is 853. The van der Waals surface area contributed by atoms with Crippen LogP contribution in [0.2, 0.25) is 0 Å². The molecule has 1 fully saturated rings. The predicted molar refractivity (Wildman–Crippen MR) is 96.8 cm³/mol. The van der Waals surface area contributed by atoms with Gasteiger partial charge in [0.1, 0.15) is 6.61 Å². The fourth-order valence-corrected chi connectivity index (χ4v) is 4.21. The molecule has 2 atom stereocenters. The van der Waals surface area contributed by atoms with Crippen LogP contribution < -0.4 is 5.32 Å². The Labute approximate surface area is 160 Å². The Kier molecular flexibility index (Phi) is 4.57. The summed E-state index contributed by atoms with van der Waals surface area (Å²) < 4.78 is 44.0. The first-order chi connectivity index (χ1) is 13.3. The Hall–Kier alpha value is -2.54. The minimum atomic E-state index is -4.70. The molecule has 0 saturated heterocycles. The first-order valence-corrected chi connectivity index (χ1v) is 9.19. The topological polar surface area (TPSA) is 58.6 Å². The molecule has 28 heavy (non-hydrogen) atoms. The Morgan fingerprint density at radius 2 is 1.68 bits per heavy atom. The number of hydrogen-bond donors (Lipinski definition) is 2. The van der Waals surface area contributed by atoms with Crippen molar-refractivity contribution in [1.29, 1.82) is 0 Å². The summed E-state index contributed by atoms with van der Waals surface area (Å²) in [6.45, 7) is 0.0934. The van der Waals surface area contributed by atoms with Gasteiger partial charge in [-0.3, -0.25) is 0 Å². The van der Waals surface area contributed by atoms with Crippen LogP contribution >= 0.6 is 0 Å². The lowest BCUT2D eigenvalue weighted by atomic mass is 9.98. The number of nitrogens with one attached hydrogen (secondary N) is 1. The fourth-order valence-electron chi connectivity index (χ4n) is 4.21. The number of fused-ring (bicyclic) bond motifs is 3. The molecule has 2 unspecified atom stereocenters. The lowest BCUT2D eigenvalue weighted by molar-refractivity contribution is -0.257. The van der Waals surface area contributed by atoms with Gasteiger partial charge in [0.05, 0.1) is 0 Å². The van der Waals surface area contributed by atoms with E-state index in [2.05, 4.69) is 5.32 Å². The van der Waals surface area contributed by atoms with Gasteiger partial charge in [-0.05, 0) is 35.1 Å². The molecule has 0 aliphatic heterocycles. The second kappa shape index (κ2) is 6.81. The fraction of sp³-hybridized carbons (Fsp3) is 0.381. The number of aliphatic hydroxyl groups is 1. The van der Waals surface area contributed by atoms with Gasteiger partial charge in [0.15, 0.2) is 5.60 Å². The molecule has 0 bridgehead atoms. The third-order valence-corrected chi connectivity index (χ3v) is 5.68. The number of carbonyl (C=O) groups excluding carboxylic acids is 1. The van der Waals surface area contributed by atoms with Gasteiger partial charge in [0, 0.05) is 18.4 Å². The van der Waals surface area contributed by atoms with Gasteiger partial charge in [0.25, 0.3) is 0 Å². The third kappa shape index (κ3) is 3.24. The number of carbonyl (C=O) groups is 1. The van der Waals surface area contributed by atoms with Crippen molar-refractivity contribution < 1.29 is 27.8 Å². The summed E-state index contributed by atoms with van der Waals surface area (Å²) in [5.41, 5.74) is 1.57. The number of benzene rings is 2. The molecule has 4 rings (SSSR count). The van der Waals surface area contributed by atoms with E-state index in [1.807, 2.05) is 48.5 Å². The first-order valence-electron chi connectivity index (χ1n) is 9.19. The summed E-state index contributed by atoms with van der Waals surface area (Å²) in [5, 5.41) is 12.2. The van der Waals surface area contributed by atoms with Crippen LogP contribution in [0.25, 0.3) is 11.1 Å². The zero-order chi connectivity index (χ0) is 19.9. The van der Waals surface area contributed by atoms with Gasteiger partial charge in [-0.2, -0.15) is 13.2 Å². The van der Waals surface area contributed by atoms with Crippen LogP contribution in [0.1, 0.15) is 36.3 Å². The molecular weight excluding hydrogens is 371 g/mol. The summed E-state index contributed by atoms with van der Waals surface area (Å²) in [4.78, 5) is 12.1. The van der Waals surface area contributed by atoms with E-state index in [-0.39, 0.29) is 18.9 Å². The molecule has 0 aromatic heterocycles. The first kappa shape index (κ1) is 18.8. The van der Waals surface area contributed by atoms with Crippen LogP contribution in [0.4, 0.5) is 18.0 Å². The molecule has 4 nitrogen and oxygen atoms in total. The molecule has 2 aromatic rings. The zero-order valence-corrected chi connectivity index (χ0v) is 15.0. The number of amides is 1. The molecule has 2 N–H and O–H groups in total. The van der Waals surface area contributed by atoms with Gasteiger partial charge >= 0.3 is 12.3 Å². The van der Waals surface area contributed by atoms with Crippen LogP contribution in [-0.4, -0.2) is 35.6 Å². The van der Waals surface area contributed by atoms with Crippen LogP contribution in [0.5, 0.6) is 0 Å². The van der Waals surface area contributed by atoms with E-state index in [0.717, 1.165) is 22.3 Å². The van der Waals surface area contributed by atoms with Gasteiger partial charge < -0.3 is 15.2 Å². The van der Waals surface area contributed by atoms with E-state index in [0.29, 0.717) is 0 Å². The van der Waals surface area contributed by atoms with Crippen molar-refractivity contribution in [3.63, 3.8) is 0 Å². The monoisotopic (exact) mass is 391 g/mol. The van der Waals surface area contributed by atoms with Gasteiger partial charge in [-0.15, -0.1) is 0 Å². The number of alkyl halides is 3. The molecule has 2 aromatic carbocycles. The normalized spacial score (nSPS) is 23.9. The molecule has 2 aliphatic carbocycles. The highest BCUT2D eigenvalue weighted by Crippen LogP contribution is 2.45. The Morgan fingerprint density at radius 1 is 1.11 bits per heavy atom. The number of halogens is 3. The molecule has 0 spiro atoms. The number of hydrogen-bond acceptors (Lipinski definition) is 3. The second-order valence-electron chi connectivity index (χ2n) is 7.44. The number of alkyl carbamates (subject to hydrolysis) is 1.